The van der Waals surface area contributed by atoms with Gasteiger partial charge in [0, 0.05) is 6.20 Å². The Balaban J connectivity index is 2.23. The number of hydrogen-bond donors (Lipinski definition) is 2. The van der Waals surface area contributed by atoms with Crippen molar-refractivity contribution in [1.29, 1.82) is 0 Å². The van der Waals surface area contributed by atoms with E-state index in [9.17, 15) is 0 Å². The molecular formula is C9H10N4S. The van der Waals surface area contributed by atoms with Gasteiger partial charge >= 0.3 is 0 Å². The largest absolute Gasteiger partial charge is 0.383 e. The summed E-state index contributed by atoms with van der Waals surface area (Å²) in [6.07, 6.45) is 1.75. The van der Waals surface area contributed by atoms with E-state index in [2.05, 4.69) is 15.0 Å². The lowest BCUT2D eigenvalue weighted by molar-refractivity contribution is 1.08. The number of H-pyrrole nitrogens is 1. The van der Waals surface area contributed by atoms with Crippen molar-refractivity contribution in [3.8, 4) is 0 Å². The van der Waals surface area contributed by atoms with Crippen molar-refractivity contribution in [3.63, 3.8) is 0 Å². The Morgan fingerprint density at radius 1 is 1.43 bits per heavy atom. The summed E-state index contributed by atoms with van der Waals surface area (Å²) in [6.45, 7) is 1.87. The first-order chi connectivity index (χ1) is 6.75. The van der Waals surface area contributed by atoms with E-state index in [1.54, 1.807) is 6.20 Å². The van der Waals surface area contributed by atoms with Gasteiger partial charge in [0.25, 0.3) is 0 Å². The summed E-state index contributed by atoms with van der Waals surface area (Å²) in [6, 6.07) is 5.74. The standard InChI is InChI=1S/C9H10N4S/c1-6-12-8(10)9(13-6)14-7-4-2-3-5-11-7/h2-5H,10H2,1H3,(H,12,13). The topological polar surface area (TPSA) is 67.6 Å². The lowest BCUT2D eigenvalue weighted by atomic mass is 10.5. The van der Waals surface area contributed by atoms with Crippen molar-refractivity contribution < 1.29 is 0 Å². The molecule has 0 aliphatic heterocycles. The van der Waals surface area contributed by atoms with Crippen LogP contribution in [0.1, 0.15) is 5.82 Å². The summed E-state index contributed by atoms with van der Waals surface area (Å²) >= 11 is 1.46. The third-order valence-electron chi connectivity index (χ3n) is 1.65. The fourth-order valence-corrected chi connectivity index (χ4v) is 1.88. The lowest BCUT2D eigenvalue weighted by Crippen LogP contribution is -1.87. The molecule has 2 heterocycles. The smallest absolute Gasteiger partial charge is 0.145 e. The molecule has 0 radical (unpaired) electrons. The normalized spacial score (nSPS) is 10.4. The van der Waals surface area contributed by atoms with Gasteiger partial charge in [-0.25, -0.2) is 9.97 Å². The van der Waals surface area contributed by atoms with Gasteiger partial charge in [0.2, 0.25) is 0 Å². The predicted octanol–water partition coefficient (Wildman–Crippen LogP) is 1.85. The molecule has 0 aliphatic carbocycles. The maximum absolute atomic E-state index is 5.72. The summed E-state index contributed by atoms with van der Waals surface area (Å²) in [5.41, 5.74) is 5.72. The minimum atomic E-state index is 0.596. The first kappa shape index (κ1) is 9.08. The molecule has 3 N–H and O–H groups in total. The first-order valence-corrected chi connectivity index (χ1v) is 4.98. The average Bonchev–Trinajstić information content (AvgIpc) is 2.47. The summed E-state index contributed by atoms with van der Waals surface area (Å²) in [5, 5.41) is 1.67. The van der Waals surface area contributed by atoms with E-state index >= 15 is 0 Å². The Labute approximate surface area is 86.0 Å². The molecule has 2 aromatic rings. The molecule has 72 valence electrons. The van der Waals surface area contributed by atoms with Crippen LogP contribution in [0.3, 0.4) is 0 Å². The van der Waals surface area contributed by atoms with Crippen molar-refractivity contribution in [2.45, 2.75) is 17.0 Å². The number of imidazole rings is 1. The van der Waals surface area contributed by atoms with Gasteiger partial charge in [0.05, 0.1) is 0 Å². The van der Waals surface area contributed by atoms with E-state index in [0.717, 1.165) is 15.9 Å². The second-order valence-corrected chi connectivity index (χ2v) is 3.82. The lowest BCUT2D eigenvalue weighted by Gasteiger charge is -1.96. The molecule has 0 amide bonds. The molecule has 2 aromatic heterocycles. The number of nitrogens with zero attached hydrogens (tertiary/aromatic N) is 2. The Hall–Kier alpha value is -1.49. The summed E-state index contributed by atoms with van der Waals surface area (Å²) in [4.78, 5) is 11.4. The third kappa shape index (κ3) is 1.88. The van der Waals surface area contributed by atoms with Crippen molar-refractivity contribution in [2.24, 2.45) is 0 Å². The highest BCUT2D eigenvalue weighted by molar-refractivity contribution is 7.99. The van der Waals surface area contributed by atoms with Crippen LogP contribution in [0.5, 0.6) is 0 Å². The maximum atomic E-state index is 5.72. The van der Waals surface area contributed by atoms with Crippen LogP contribution in [-0.4, -0.2) is 15.0 Å². The number of pyridine rings is 1. The van der Waals surface area contributed by atoms with Crippen LogP contribution in [0.25, 0.3) is 0 Å². The molecule has 5 heteroatoms. The minimum absolute atomic E-state index is 0.596. The number of aromatic amines is 1. The molecule has 2 rings (SSSR count). The first-order valence-electron chi connectivity index (χ1n) is 4.16. The molecule has 4 nitrogen and oxygen atoms in total. The van der Waals surface area contributed by atoms with Gasteiger partial charge in [-0.2, -0.15) is 0 Å². The van der Waals surface area contributed by atoms with Crippen molar-refractivity contribution >= 4 is 17.6 Å². The zero-order valence-corrected chi connectivity index (χ0v) is 8.51. The Morgan fingerprint density at radius 3 is 2.86 bits per heavy atom. The molecule has 0 saturated carbocycles. The zero-order valence-electron chi connectivity index (χ0n) is 7.69. The van der Waals surface area contributed by atoms with E-state index in [-0.39, 0.29) is 0 Å². The summed E-state index contributed by atoms with van der Waals surface area (Å²) in [5.74, 6) is 1.42. The number of anilines is 1. The van der Waals surface area contributed by atoms with Gasteiger partial charge in [-0.3, -0.25) is 0 Å². The molecule has 14 heavy (non-hydrogen) atoms. The second kappa shape index (κ2) is 3.71. The van der Waals surface area contributed by atoms with E-state index in [1.165, 1.54) is 11.8 Å². The zero-order chi connectivity index (χ0) is 9.97. The number of nitrogen functional groups attached to an aromatic ring is 1. The quantitative estimate of drug-likeness (QED) is 0.786. The molecule has 0 aliphatic rings. The number of nitrogens with two attached hydrogens (primary N) is 1. The highest BCUT2D eigenvalue weighted by atomic mass is 32.2. The molecular weight excluding hydrogens is 196 g/mol. The van der Waals surface area contributed by atoms with Crippen LogP contribution in [0.2, 0.25) is 0 Å². The molecule has 0 saturated heterocycles. The van der Waals surface area contributed by atoms with E-state index in [1.807, 2.05) is 25.1 Å². The van der Waals surface area contributed by atoms with Gasteiger partial charge in [0.1, 0.15) is 21.7 Å². The number of hydrogen-bond acceptors (Lipinski definition) is 4. The minimum Gasteiger partial charge on any atom is -0.383 e. The van der Waals surface area contributed by atoms with Crippen LogP contribution in [-0.2, 0) is 0 Å². The highest BCUT2D eigenvalue weighted by Crippen LogP contribution is 2.28. The molecule has 0 atom stereocenters. The number of rotatable bonds is 2. The van der Waals surface area contributed by atoms with Gasteiger partial charge in [0.15, 0.2) is 0 Å². The molecule has 0 unspecified atom stereocenters. The van der Waals surface area contributed by atoms with E-state index in [0.29, 0.717) is 5.82 Å². The van der Waals surface area contributed by atoms with Crippen LogP contribution in [0.4, 0.5) is 5.82 Å². The predicted molar refractivity (Wildman–Crippen MR) is 56.1 cm³/mol. The van der Waals surface area contributed by atoms with Gasteiger partial charge in [-0.15, -0.1) is 0 Å². The van der Waals surface area contributed by atoms with Crippen LogP contribution in [0.15, 0.2) is 34.4 Å². The Bertz CT molecular complexity index is 424. The number of nitrogens with one attached hydrogen (secondary N) is 1. The highest BCUT2D eigenvalue weighted by Gasteiger charge is 2.06. The summed E-state index contributed by atoms with van der Waals surface area (Å²) in [7, 11) is 0. The maximum Gasteiger partial charge on any atom is 0.145 e. The molecule has 0 aromatic carbocycles. The second-order valence-electron chi connectivity index (χ2n) is 2.81. The van der Waals surface area contributed by atoms with Crippen molar-refractivity contribution in [1.82, 2.24) is 15.0 Å². The summed E-state index contributed by atoms with van der Waals surface area (Å²) < 4.78 is 0. The van der Waals surface area contributed by atoms with Gasteiger partial charge < -0.3 is 10.7 Å². The average molecular weight is 206 g/mol. The van der Waals surface area contributed by atoms with Crippen molar-refractivity contribution in [3.05, 3.63) is 30.2 Å². The third-order valence-corrected chi connectivity index (χ3v) is 2.61. The van der Waals surface area contributed by atoms with Crippen LogP contribution >= 0.6 is 11.8 Å². The van der Waals surface area contributed by atoms with E-state index in [4.69, 9.17) is 5.73 Å². The van der Waals surface area contributed by atoms with Crippen LogP contribution < -0.4 is 5.73 Å². The Kier molecular flexibility index (Phi) is 2.41. The van der Waals surface area contributed by atoms with Gasteiger partial charge in [-0.05, 0) is 30.8 Å². The van der Waals surface area contributed by atoms with Gasteiger partial charge in [-0.1, -0.05) is 6.07 Å². The Morgan fingerprint density at radius 2 is 2.29 bits per heavy atom. The monoisotopic (exact) mass is 206 g/mol. The molecule has 0 fully saturated rings. The SMILES string of the molecule is Cc1nc(Sc2ccccn2)c(N)[nH]1. The number of aryl methyl sites for hydroxylation is 1. The number of aromatic nitrogens is 3. The van der Waals surface area contributed by atoms with E-state index < -0.39 is 0 Å². The fourth-order valence-electron chi connectivity index (χ4n) is 1.07. The fraction of sp³-hybridized carbons (Fsp3) is 0.111. The van der Waals surface area contributed by atoms with Crippen LogP contribution in [0, 0.1) is 6.92 Å². The molecule has 0 spiro atoms. The molecule has 0 bridgehead atoms. The van der Waals surface area contributed by atoms with Crippen molar-refractivity contribution in [2.75, 3.05) is 5.73 Å².